The van der Waals surface area contributed by atoms with E-state index in [-0.39, 0.29) is 0 Å². The molecule has 0 aliphatic rings. The molecule has 8 heavy (non-hydrogen) atoms. The van der Waals surface area contributed by atoms with Crippen molar-refractivity contribution < 1.29 is 0 Å². The van der Waals surface area contributed by atoms with Crippen LogP contribution in [0.1, 0.15) is 33.6 Å². The summed E-state index contributed by atoms with van der Waals surface area (Å²) in [4.78, 5) is 0. The summed E-state index contributed by atoms with van der Waals surface area (Å²) < 4.78 is 0. The Bertz CT molecular complexity index is 50.3. The highest BCUT2D eigenvalue weighted by Crippen LogP contribution is 2.13. The van der Waals surface area contributed by atoms with Crippen LogP contribution < -0.4 is 0 Å². The summed E-state index contributed by atoms with van der Waals surface area (Å²) >= 11 is 5.16. The predicted molar refractivity (Wildman–Crippen MR) is 41.1 cm³/mol. The Morgan fingerprint density at radius 1 is 1.38 bits per heavy atom. The maximum absolute atomic E-state index is 5.16. The first-order chi connectivity index (χ1) is 3.68. The van der Waals surface area contributed by atoms with E-state index in [1.54, 1.807) is 0 Å². The molecule has 0 spiro atoms. The van der Waals surface area contributed by atoms with E-state index in [9.17, 15) is 0 Å². The Morgan fingerprint density at radius 3 is 2.00 bits per heavy atom. The second-order valence-electron chi connectivity index (χ2n) is 2.57. The Kier molecular flexibility index (Phi) is 4.44. The molecule has 0 fully saturated rings. The average Bonchev–Trinajstić information content (AvgIpc) is 1.67. The van der Waals surface area contributed by atoms with E-state index in [2.05, 4.69) is 20.8 Å². The van der Waals surface area contributed by atoms with Gasteiger partial charge in [-0.3, -0.25) is 0 Å². The molecule has 0 heterocycles. The Balaban J connectivity index is 3.17. The van der Waals surface area contributed by atoms with Gasteiger partial charge in [-0.15, -0.1) is 0 Å². The maximum atomic E-state index is 5.16. The molecule has 0 aromatic rings. The van der Waals surface area contributed by atoms with E-state index in [1.165, 1.54) is 12.8 Å². The van der Waals surface area contributed by atoms with Crippen LogP contribution in [0.25, 0.3) is 0 Å². The van der Waals surface area contributed by atoms with Crippen LogP contribution in [0.2, 0.25) is 0 Å². The highest BCUT2D eigenvalue weighted by molar-refractivity contribution is 7.81. The molecule has 1 radical (unpaired) electrons. The van der Waals surface area contributed by atoms with Crippen LogP contribution in [0, 0.1) is 5.92 Å². The summed E-state index contributed by atoms with van der Waals surface area (Å²) in [5.74, 6) is 0.685. The van der Waals surface area contributed by atoms with Crippen molar-refractivity contribution in [1.82, 2.24) is 0 Å². The van der Waals surface area contributed by atoms with Crippen LogP contribution in [0.15, 0.2) is 0 Å². The SMILES string of the molecule is CCCC([S])C(C)C. The van der Waals surface area contributed by atoms with Crippen LogP contribution in [0.5, 0.6) is 0 Å². The van der Waals surface area contributed by atoms with Gasteiger partial charge in [0.1, 0.15) is 0 Å². The average molecular weight is 131 g/mol. The molecule has 0 N–H and O–H groups in total. The predicted octanol–water partition coefficient (Wildman–Crippen LogP) is 3.01. The number of rotatable bonds is 3. The van der Waals surface area contributed by atoms with Gasteiger partial charge in [0.2, 0.25) is 0 Å². The third kappa shape index (κ3) is 3.36. The molecule has 0 rings (SSSR count). The van der Waals surface area contributed by atoms with Crippen molar-refractivity contribution in [2.45, 2.75) is 38.9 Å². The molecule has 0 nitrogen and oxygen atoms in total. The molecule has 1 heteroatoms. The quantitative estimate of drug-likeness (QED) is 0.552. The van der Waals surface area contributed by atoms with Gasteiger partial charge in [-0.25, -0.2) is 0 Å². The normalized spacial score (nSPS) is 14.6. The van der Waals surface area contributed by atoms with Crippen LogP contribution in [-0.4, -0.2) is 5.25 Å². The van der Waals surface area contributed by atoms with E-state index < -0.39 is 0 Å². The lowest BCUT2D eigenvalue weighted by Crippen LogP contribution is -2.06. The highest BCUT2D eigenvalue weighted by atomic mass is 32.1. The molecular formula is C7H15S. The molecule has 0 saturated carbocycles. The van der Waals surface area contributed by atoms with Gasteiger partial charge < -0.3 is 0 Å². The van der Waals surface area contributed by atoms with E-state index in [1.807, 2.05) is 0 Å². The molecule has 0 saturated heterocycles. The van der Waals surface area contributed by atoms with Gasteiger partial charge in [-0.1, -0.05) is 39.8 Å². The standard InChI is InChI=1S/C7H15S/c1-4-5-7(8)6(2)3/h6-7H,4-5H2,1-3H3. The topological polar surface area (TPSA) is 0 Å². The van der Waals surface area contributed by atoms with Gasteiger partial charge >= 0.3 is 0 Å². The molecule has 0 aliphatic heterocycles. The second kappa shape index (κ2) is 4.25. The Morgan fingerprint density at radius 2 is 1.88 bits per heavy atom. The molecule has 1 atom stereocenters. The molecule has 1 unspecified atom stereocenters. The lowest BCUT2D eigenvalue weighted by Gasteiger charge is -2.10. The van der Waals surface area contributed by atoms with E-state index in [0.29, 0.717) is 11.2 Å². The molecule has 0 aromatic carbocycles. The first-order valence-corrected chi connectivity index (χ1v) is 3.81. The first kappa shape index (κ1) is 8.35. The summed E-state index contributed by atoms with van der Waals surface area (Å²) in [7, 11) is 0. The van der Waals surface area contributed by atoms with Gasteiger partial charge in [0.15, 0.2) is 0 Å². The summed E-state index contributed by atoms with van der Waals surface area (Å²) in [6.45, 7) is 6.56. The van der Waals surface area contributed by atoms with Crippen molar-refractivity contribution >= 4 is 12.6 Å². The third-order valence-electron chi connectivity index (χ3n) is 1.32. The van der Waals surface area contributed by atoms with Gasteiger partial charge in [0.25, 0.3) is 0 Å². The zero-order valence-electron chi connectivity index (χ0n) is 5.98. The minimum Gasteiger partial charge on any atom is -0.0902 e. The molecule has 0 amide bonds. The zero-order valence-corrected chi connectivity index (χ0v) is 6.79. The van der Waals surface area contributed by atoms with Crippen LogP contribution in [0.3, 0.4) is 0 Å². The molecule has 49 valence electrons. The maximum Gasteiger partial charge on any atom is 0.0174 e. The minimum absolute atomic E-state index is 0.500. The smallest absolute Gasteiger partial charge is 0.0174 e. The van der Waals surface area contributed by atoms with Crippen molar-refractivity contribution in [3.8, 4) is 0 Å². The third-order valence-corrected chi connectivity index (χ3v) is 2.10. The van der Waals surface area contributed by atoms with Gasteiger partial charge in [0, 0.05) is 5.25 Å². The molecule has 0 bridgehead atoms. The van der Waals surface area contributed by atoms with E-state index in [0.717, 1.165) is 0 Å². The van der Waals surface area contributed by atoms with Crippen molar-refractivity contribution in [2.24, 2.45) is 5.92 Å². The fourth-order valence-corrected chi connectivity index (χ4v) is 0.854. The van der Waals surface area contributed by atoms with Crippen LogP contribution in [-0.2, 0) is 0 Å². The Hall–Kier alpha value is 0.350. The fourth-order valence-electron chi connectivity index (χ4n) is 0.618. The van der Waals surface area contributed by atoms with Gasteiger partial charge in [-0.2, -0.15) is 0 Å². The van der Waals surface area contributed by atoms with Crippen molar-refractivity contribution in [1.29, 1.82) is 0 Å². The second-order valence-corrected chi connectivity index (χ2v) is 3.18. The van der Waals surface area contributed by atoms with Gasteiger partial charge in [-0.05, 0) is 12.3 Å². The van der Waals surface area contributed by atoms with E-state index in [4.69, 9.17) is 12.6 Å². The molecule has 0 aromatic heterocycles. The van der Waals surface area contributed by atoms with Crippen molar-refractivity contribution in [2.75, 3.05) is 0 Å². The lowest BCUT2D eigenvalue weighted by atomic mass is 10.1. The summed E-state index contributed by atoms with van der Waals surface area (Å²) in [5, 5.41) is 0.500. The van der Waals surface area contributed by atoms with Crippen LogP contribution in [0.4, 0.5) is 0 Å². The minimum atomic E-state index is 0.500. The summed E-state index contributed by atoms with van der Waals surface area (Å²) in [6.07, 6.45) is 2.43. The number of hydrogen-bond donors (Lipinski definition) is 0. The van der Waals surface area contributed by atoms with E-state index >= 15 is 0 Å². The lowest BCUT2D eigenvalue weighted by molar-refractivity contribution is 0.570. The largest absolute Gasteiger partial charge is 0.0902 e. The zero-order chi connectivity index (χ0) is 6.57. The summed E-state index contributed by atoms with van der Waals surface area (Å²) in [5.41, 5.74) is 0. The number of hydrogen-bond acceptors (Lipinski definition) is 0. The fraction of sp³-hybridized carbons (Fsp3) is 1.00. The molecule has 0 aliphatic carbocycles. The molecular weight excluding hydrogens is 116 g/mol. The van der Waals surface area contributed by atoms with Crippen molar-refractivity contribution in [3.05, 3.63) is 0 Å². The Labute approximate surface area is 58.1 Å². The van der Waals surface area contributed by atoms with Gasteiger partial charge in [0.05, 0.1) is 0 Å². The van der Waals surface area contributed by atoms with Crippen LogP contribution >= 0.6 is 12.6 Å². The van der Waals surface area contributed by atoms with Crippen molar-refractivity contribution in [3.63, 3.8) is 0 Å². The highest BCUT2D eigenvalue weighted by Gasteiger charge is 2.05. The summed E-state index contributed by atoms with van der Waals surface area (Å²) in [6, 6.07) is 0. The monoisotopic (exact) mass is 131 g/mol. The first-order valence-electron chi connectivity index (χ1n) is 3.34.